The van der Waals surface area contributed by atoms with Gasteiger partial charge in [-0.15, -0.1) is 12.4 Å². The van der Waals surface area contributed by atoms with Crippen LogP contribution in [0.25, 0.3) is 0 Å². The van der Waals surface area contributed by atoms with Crippen molar-refractivity contribution >= 4 is 12.4 Å². The van der Waals surface area contributed by atoms with E-state index in [9.17, 15) is 0 Å². The molecule has 0 heterocycles. The summed E-state index contributed by atoms with van der Waals surface area (Å²) in [4.78, 5) is 0. The Kier molecular flexibility index (Phi) is 13.1. The minimum atomic E-state index is 0. The van der Waals surface area contributed by atoms with E-state index in [4.69, 9.17) is 5.11 Å². The molecule has 0 atom stereocenters. The molecular weight excluding hydrogens is 136 g/mol. The molecule has 0 saturated carbocycles. The van der Waals surface area contributed by atoms with Crippen LogP contribution in [0.3, 0.4) is 0 Å². The molecular formula is C7H11ClO. The summed E-state index contributed by atoms with van der Waals surface area (Å²) in [5, 5.41) is 7.00. The van der Waals surface area contributed by atoms with E-state index >= 15 is 0 Å². The fraction of sp³-hybridized carbons (Fsp3) is 0.143. The molecule has 0 fully saturated rings. The van der Waals surface area contributed by atoms with Gasteiger partial charge < -0.3 is 5.11 Å². The van der Waals surface area contributed by atoms with Crippen LogP contribution in [0.4, 0.5) is 0 Å². The molecule has 1 N–H and O–H groups in total. The quantitative estimate of drug-likeness (QED) is 0.591. The lowest BCUT2D eigenvalue weighted by Crippen LogP contribution is -1.47. The molecule has 0 aliphatic carbocycles. The lowest BCUT2D eigenvalue weighted by Gasteiger charge is -1.69. The van der Waals surface area contributed by atoms with Crippen LogP contribution in [-0.4, -0.2) is 12.2 Å². The van der Waals surface area contributed by atoms with Gasteiger partial charge in [-0.1, -0.05) is 36.4 Å². The zero-order valence-corrected chi connectivity index (χ0v) is 6.14. The topological polar surface area (TPSA) is 20.2 Å². The molecule has 9 heavy (non-hydrogen) atoms. The number of aliphatic hydroxyl groups is 1. The third-order valence-electron chi connectivity index (χ3n) is 0.667. The van der Waals surface area contributed by atoms with Gasteiger partial charge in [0.2, 0.25) is 0 Å². The van der Waals surface area contributed by atoms with Crippen LogP contribution in [0, 0.1) is 0 Å². The van der Waals surface area contributed by atoms with E-state index in [1.807, 2.05) is 36.4 Å². The summed E-state index contributed by atoms with van der Waals surface area (Å²) in [6.07, 6.45) is 0. The van der Waals surface area contributed by atoms with Gasteiger partial charge >= 0.3 is 0 Å². The predicted octanol–water partition coefficient (Wildman–Crippen LogP) is 1.72. The zero-order valence-electron chi connectivity index (χ0n) is 5.32. The normalized spacial score (nSPS) is 6.00. The Labute approximate surface area is 61.7 Å². The van der Waals surface area contributed by atoms with Crippen molar-refractivity contribution in [2.45, 2.75) is 0 Å². The Bertz CT molecular complexity index is 80.8. The van der Waals surface area contributed by atoms with Gasteiger partial charge in [0.05, 0.1) is 0 Å². The van der Waals surface area contributed by atoms with Gasteiger partial charge in [0.25, 0.3) is 0 Å². The van der Waals surface area contributed by atoms with Crippen LogP contribution in [0.1, 0.15) is 0 Å². The van der Waals surface area contributed by atoms with E-state index in [0.29, 0.717) is 0 Å². The smallest absolute Gasteiger partial charge is 0.0319 e. The molecule has 0 aliphatic heterocycles. The predicted molar refractivity (Wildman–Crippen MR) is 41.8 cm³/mol. The van der Waals surface area contributed by atoms with Crippen molar-refractivity contribution in [1.82, 2.24) is 0 Å². The van der Waals surface area contributed by atoms with E-state index < -0.39 is 0 Å². The number of rotatable bonds is 0. The van der Waals surface area contributed by atoms with Crippen molar-refractivity contribution in [1.29, 1.82) is 0 Å². The number of hydrogen-bond donors (Lipinski definition) is 1. The molecule has 52 valence electrons. The highest BCUT2D eigenvalue weighted by Gasteiger charge is 1.57. The molecule has 0 amide bonds. The number of benzene rings is 1. The minimum Gasteiger partial charge on any atom is -0.400 e. The summed E-state index contributed by atoms with van der Waals surface area (Å²) in [7, 11) is 1.00. The Morgan fingerprint density at radius 2 is 0.778 bits per heavy atom. The average Bonchev–Trinajstić information content (AvgIpc) is 1.96. The Morgan fingerprint density at radius 1 is 0.667 bits per heavy atom. The van der Waals surface area contributed by atoms with Crippen LogP contribution in [-0.2, 0) is 0 Å². The van der Waals surface area contributed by atoms with Gasteiger partial charge in [-0.2, -0.15) is 0 Å². The Balaban J connectivity index is 0. The third kappa shape index (κ3) is 7.47. The van der Waals surface area contributed by atoms with Crippen LogP contribution < -0.4 is 0 Å². The van der Waals surface area contributed by atoms with E-state index in [-0.39, 0.29) is 12.4 Å². The van der Waals surface area contributed by atoms with Crippen molar-refractivity contribution < 1.29 is 5.11 Å². The number of hydrogen-bond acceptors (Lipinski definition) is 1. The van der Waals surface area contributed by atoms with E-state index in [0.717, 1.165) is 7.11 Å². The largest absolute Gasteiger partial charge is 0.400 e. The van der Waals surface area contributed by atoms with Crippen molar-refractivity contribution in [3.63, 3.8) is 0 Å². The van der Waals surface area contributed by atoms with E-state index in [2.05, 4.69) is 0 Å². The Morgan fingerprint density at radius 3 is 0.889 bits per heavy atom. The summed E-state index contributed by atoms with van der Waals surface area (Å²) in [5.74, 6) is 0. The maximum atomic E-state index is 7.00. The van der Waals surface area contributed by atoms with Gasteiger partial charge in [-0.05, 0) is 0 Å². The van der Waals surface area contributed by atoms with Gasteiger partial charge in [0.15, 0.2) is 0 Å². The summed E-state index contributed by atoms with van der Waals surface area (Å²) >= 11 is 0. The molecule has 1 nitrogen and oxygen atoms in total. The van der Waals surface area contributed by atoms with Crippen molar-refractivity contribution in [3.8, 4) is 0 Å². The fourth-order valence-corrected chi connectivity index (χ4v) is 0.385. The summed E-state index contributed by atoms with van der Waals surface area (Å²) in [6, 6.07) is 12.0. The molecule has 0 saturated heterocycles. The van der Waals surface area contributed by atoms with Gasteiger partial charge in [-0.25, -0.2) is 0 Å². The standard InChI is InChI=1S/C6H6.CH4O.ClH/c1-2-4-6-5-3-1;1-2;/h1-6H;2H,1H3;1H. The first-order valence-electron chi connectivity index (χ1n) is 2.45. The van der Waals surface area contributed by atoms with Crippen LogP contribution in [0.5, 0.6) is 0 Å². The van der Waals surface area contributed by atoms with Gasteiger partial charge in [0.1, 0.15) is 0 Å². The first-order chi connectivity index (χ1) is 4.00. The molecule has 0 unspecified atom stereocenters. The molecule has 0 aliphatic rings. The van der Waals surface area contributed by atoms with E-state index in [1.54, 1.807) is 0 Å². The lowest BCUT2D eigenvalue weighted by molar-refractivity contribution is 0.399. The summed E-state index contributed by atoms with van der Waals surface area (Å²) < 4.78 is 0. The second-order valence-corrected chi connectivity index (χ2v) is 1.15. The van der Waals surface area contributed by atoms with Crippen molar-refractivity contribution in [2.24, 2.45) is 0 Å². The molecule has 0 aromatic heterocycles. The molecule has 2 heteroatoms. The highest BCUT2D eigenvalue weighted by atomic mass is 35.5. The fourth-order valence-electron chi connectivity index (χ4n) is 0.385. The van der Waals surface area contributed by atoms with Crippen LogP contribution in [0.15, 0.2) is 36.4 Å². The summed E-state index contributed by atoms with van der Waals surface area (Å²) in [6.45, 7) is 0. The van der Waals surface area contributed by atoms with E-state index in [1.165, 1.54) is 0 Å². The number of halogens is 1. The molecule has 0 bridgehead atoms. The Hall–Kier alpha value is -0.530. The van der Waals surface area contributed by atoms with Crippen molar-refractivity contribution in [2.75, 3.05) is 7.11 Å². The molecule has 0 radical (unpaired) electrons. The highest BCUT2D eigenvalue weighted by molar-refractivity contribution is 5.85. The third-order valence-corrected chi connectivity index (χ3v) is 0.667. The SMILES string of the molecule is CO.Cl.c1ccccc1. The van der Waals surface area contributed by atoms with Crippen LogP contribution in [0.2, 0.25) is 0 Å². The molecule has 1 aromatic carbocycles. The average molecular weight is 147 g/mol. The first-order valence-corrected chi connectivity index (χ1v) is 2.45. The zero-order chi connectivity index (χ0) is 6.24. The second-order valence-electron chi connectivity index (χ2n) is 1.15. The monoisotopic (exact) mass is 146 g/mol. The molecule has 0 spiro atoms. The maximum absolute atomic E-state index is 7.00. The minimum absolute atomic E-state index is 0. The van der Waals surface area contributed by atoms with Crippen LogP contribution >= 0.6 is 12.4 Å². The van der Waals surface area contributed by atoms with Gasteiger partial charge in [0, 0.05) is 7.11 Å². The van der Waals surface area contributed by atoms with Crippen molar-refractivity contribution in [3.05, 3.63) is 36.4 Å². The summed E-state index contributed by atoms with van der Waals surface area (Å²) in [5.41, 5.74) is 0. The first kappa shape index (κ1) is 11.3. The lowest BCUT2D eigenvalue weighted by atomic mass is 10.4. The molecule has 1 rings (SSSR count). The maximum Gasteiger partial charge on any atom is 0.0319 e. The highest BCUT2D eigenvalue weighted by Crippen LogP contribution is 1.79. The molecule has 1 aromatic rings. The van der Waals surface area contributed by atoms with Gasteiger partial charge in [-0.3, -0.25) is 0 Å². The number of aliphatic hydroxyl groups excluding tert-OH is 1. The second kappa shape index (κ2) is 10.5.